The van der Waals surface area contributed by atoms with Gasteiger partial charge >= 0.3 is 5.97 Å². The molecule has 0 aromatic heterocycles. The van der Waals surface area contributed by atoms with Gasteiger partial charge in [0.2, 0.25) is 11.8 Å². The second kappa shape index (κ2) is 7.62. The van der Waals surface area contributed by atoms with Gasteiger partial charge in [0, 0.05) is 0 Å². The van der Waals surface area contributed by atoms with Gasteiger partial charge in [0.15, 0.2) is 0 Å². The maximum atomic E-state index is 11.7. The number of carboxylic acid groups (broad SMARTS) is 1. The lowest BCUT2D eigenvalue weighted by Crippen LogP contribution is -2.55. The van der Waals surface area contributed by atoms with Crippen molar-refractivity contribution >= 4 is 17.8 Å². The molecule has 0 radical (unpaired) electrons. The van der Waals surface area contributed by atoms with Gasteiger partial charge in [0.1, 0.15) is 12.1 Å². The zero-order chi connectivity index (χ0) is 14.3. The van der Waals surface area contributed by atoms with Crippen molar-refractivity contribution in [2.75, 3.05) is 13.2 Å². The van der Waals surface area contributed by atoms with Crippen molar-refractivity contribution < 1.29 is 24.6 Å². The molecule has 0 heterocycles. The summed E-state index contributed by atoms with van der Waals surface area (Å²) in [5, 5.41) is 22.3. The Kier molecular flexibility index (Phi) is 6.91. The van der Waals surface area contributed by atoms with Crippen LogP contribution in [0.5, 0.6) is 0 Å². The summed E-state index contributed by atoms with van der Waals surface area (Å²) < 4.78 is 0. The Morgan fingerprint density at radius 2 is 1.78 bits per heavy atom. The first-order chi connectivity index (χ1) is 8.33. The molecule has 8 heteroatoms. The minimum Gasteiger partial charge on any atom is -0.480 e. The third-order valence-electron chi connectivity index (χ3n) is 2.25. The lowest BCUT2D eigenvalue weighted by atomic mass is 10.0. The summed E-state index contributed by atoms with van der Waals surface area (Å²) in [5.74, 6) is -2.88. The highest BCUT2D eigenvalue weighted by atomic mass is 16.4. The van der Waals surface area contributed by atoms with E-state index in [2.05, 4.69) is 10.6 Å². The molecule has 2 atom stereocenters. The van der Waals surface area contributed by atoms with E-state index in [9.17, 15) is 14.4 Å². The number of aliphatic carboxylic acids is 1. The van der Waals surface area contributed by atoms with E-state index >= 15 is 0 Å². The topological polar surface area (TPSA) is 142 Å². The average molecular weight is 261 g/mol. The first-order valence-corrected chi connectivity index (χ1v) is 5.46. The van der Waals surface area contributed by atoms with Crippen molar-refractivity contribution in [3.8, 4) is 0 Å². The molecule has 0 saturated heterocycles. The number of carbonyl (C=O) groups excluding carboxylic acids is 2. The van der Waals surface area contributed by atoms with Crippen molar-refractivity contribution in [2.45, 2.75) is 25.9 Å². The van der Waals surface area contributed by atoms with Crippen LogP contribution in [0, 0.1) is 5.92 Å². The minimum absolute atomic E-state index is 0.323. The Morgan fingerprint density at radius 1 is 1.22 bits per heavy atom. The second-order valence-electron chi connectivity index (χ2n) is 4.08. The quantitative estimate of drug-likeness (QED) is 0.347. The molecular weight excluding hydrogens is 242 g/mol. The number of aliphatic hydroxyl groups excluding tert-OH is 1. The Hall–Kier alpha value is -1.67. The third kappa shape index (κ3) is 5.11. The molecule has 0 spiro atoms. The van der Waals surface area contributed by atoms with Crippen LogP contribution in [0.25, 0.3) is 0 Å². The molecule has 0 bridgehead atoms. The third-order valence-corrected chi connectivity index (χ3v) is 2.25. The van der Waals surface area contributed by atoms with Gasteiger partial charge in [-0.05, 0) is 5.92 Å². The van der Waals surface area contributed by atoms with Crippen LogP contribution in [-0.4, -0.2) is 53.2 Å². The van der Waals surface area contributed by atoms with E-state index in [0.29, 0.717) is 0 Å². The van der Waals surface area contributed by atoms with E-state index in [4.69, 9.17) is 15.9 Å². The Bertz CT molecular complexity index is 319. The lowest BCUT2D eigenvalue weighted by molar-refractivity contribution is -0.143. The smallest absolute Gasteiger partial charge is 0.326 e. The van der Waals surface area contributed by atoms with Crippen molar-refractivity contribution in [1.82, 2.24) is 10.6 Å². The van der Waals surface area contributed by atoms with Crippen molar-refractivity contribution in [3.05, 3.63) is 0 Å². The minimum atomic E-state index is -1.21. The molecular formula is C10H19N3O5. The average Bonchev–Trinajstić information content (AvgIpc) is 2.31. The van der Waals surface area contributed by atoms with Crippen LogP contribution in [0.3, 0.4) is 0 Å². The highest BCUT2D eigenvalue weighted by Gasteiger charge is 2.27. The van der Waals surface area contributed by atoms with Crippen molar-refractivity contribution in [1.29, 1.82) is 0 Å². The molecule has 0 saturated carbocycles. The zero-order valence-electron chi connectivity index (χ0n) is 10.3. The number of aliphatic hydroxyl groups is 1. The molecule has 8 nitrogen and oxygen atoms in total. The Balaban J connectivity index is 4.60. The molecule has 2 unspecified atom stereocenters. The van der Waals surface area contributed by atoms with Crippen molar-refractivity contribution in [2.24, 2.45) is 11.7 Å². The molecule has 18 heavy (non-hydrogen) atoms. The summed E-state index contributed by atoms with van der Waals surface area (Å²) in [6, 6.07) is -2.29. The van der Waals surface area contributed by atoms with Crippen LogP contribution < -0.4 is 16.4 Å². The number of nitrogens with two attached hydrogens (primary N) is 1. The predicted octanol–water partition coefficient (Wildman–Crippen LogP) is -2.35. The van der Waals surface area contributed by atoms with Crippen LogP contribution in [0.1, 0.15) is 13.8 Å². The number of carbonyl (C=O) groups is 3. The lowest BCUT2D eigenvalue weighted by Gasteiger charge is -2.21. The summed E-state index contributed by atoms with van der Waals surface area (Å²) in [4.78, 5) is 33.5. The van der Waals surface area contributed by atoms with Gasteiger partial charge in [-0.3, -0.25) is 9.59 Å². The molecule has 0 aliphatic carbocycles. The monoisotopic (exact) mass is 261 g/mol. The number of nitrogens with one attached hydrogen (secondary N) is 2. The Labute approximate surface area is 105 Å². The number of hydrogen-bond acceptors (Lipinski definition) is 5. The van der Waals surface area contributed by atoms with E-state index in [1.54, 1.807) is 13.8 Å². The van der Waals surface area contributed by atoms with E-state index in [-0.39, 0.29) is 12.5 Å². The maximum absolute atomic E-state index is 11.7. The molecule has 0 aliphatic heterocycles. The molecule has 2 amide bonds. The number of carboxylic acids is 1. The summed E-state index contributed by atoms with van der Waals surface area (Å²) in [6.45, 7) is 2.30. The first kappa shape index (κ1) is 16.3. The zero-order valence-corrected chi connectivity index (χ0v) is 10.3. The van der Waals surface area contributed by atoms with E-state index in [1.807, 2.05) is 0 Å². The van der Waals surface area contributed by atoms with E-state index in [0.717, 1.165) is 0 Å². The van der Waals surface area contributed by atoms with Gasteiger partial charge in [0.05, 0.1) is 13.2 Å². The van der Waals surface area contributed by atoms with Gasteiger partial charge < -0.3 is 26.6 Å². The van der Waals surface area contributed by atoms with Gasteiger partial charge in [-0.15, -0.1) is 0 Å². The van der Waals surface area contributed by atoms with Gasteiger partial charge in [-0.25, -0.2) is 4.79 Å². The summed E-state index contributed by atoms with van der Waals surface area (Å²) in [6.07, 6.45) is 0. The largest absolute Gasteiger partial charge is 0.480 e. The fraction of sp³-hybridized carbons (Fsp3) is 0.700. The molecule has 0 aromatic rings. The molecule has 0 rings (SSSR count). The number of hydrogen-bond donors (Lipinski definition) is 5. The SMILES string of the molecule is CC(C)C(NC(=O)C(CO)NC(=O)CN)C(=O)O. The Morgan fingerprint density at radius 3 is 2.11 bits per heavy atom. The van der Waals surface area contributed by atoms with Gasteiger partial charge in [0.25, 0.3) is 0 Å². The molecule has 0 aliphatic rings. The first-order valence-electron chi connectivity index (χ1n) is 5.46. The standard InChI is InChI=1S/C10H19N3O5/c1-5(2)8(10(17)18)13-9(16)6(4-14)12-7(15)3-11/h5-6,8,14H,3-4,11H2,1-2H3,(H,12,15)(H,13,16)(H,17,18). The fourth-order valence-corrected chi connectivity index (χ4v) is 1.21. The summed E-state index contributed by atoms with van der Waals surface area (Å²) in [5.41, 5.74) is 5.05. The molecule has 104 valence electrons. The van der Waals surface area contributed by atoms with Crippen LogP contribution in [0.4, 0.5) is 0 Å². The van der Waals surface area contributed by atoms with Crippen molar-refractivity contribution in [3.63, 3.8) is 0 Å². The van der Waals surface area contributed by atoms with Gasteiger partial charge in [-0.2, -0.15) is 0 Å². The maximum Gasteiger partial charge on any atom is 0.326 e. The van der Waals surface area contributed by atoms with E-state index < -0.39 is 36.5 Å². The van der Waals surface area contributed by atoms with Crippen LogP contribution in [0.2, 0.25) is 0 Å². The number of amides is 2. The highest BCUT2D eigenvalue weighted by Crippen LogP contribution is 2.02. The molecule has 6 N–H and O–H groups in total. The fourth-order valence-electron chi connectivity index (χ4n) is 1.21. The number of rotatable bonds is 7. The van der Waals surface area contributed by atoms with Crippen LogP contribution in [-0.2, 0) is 14.4 Å². The van der Waals surface area contributed by atoms with Crippen LogP contribution >= 0.6 is 0 Å². The summed E-state index contributed by atoms with van der Waals surface area (Å²) in [7, 11) is 0. The van der Waals surface area contributed by atoms with Crippen LogP contribution in [0.15, 0.2) is 0 Å². The molecule has 0 aromatic carbocycles. The van der Waals surface area contributed by atoms with Gasteiger partial charge in [-0.1, -0.05) is 13.8 Å². The van der Waals surface area contributed by atoms with E-state index in [1.165, 1.54) is 0 Å². The highest BCUT2D eigenvalue weighted by molar-refractivity contribution is 5.90. The second-order valence-corrected chi connectivity index (χ2v) is 4.08. The summed E-state index contributed by atoms with van der Waals surface area (Å²) >= 11 is 0. The molecule has 0 fully saturated rings. The normalized spacial score (nSPS) is 13.8. The predicted molar refractivity (Wildman–Crippen MR) is 62.5 cm³/mol.